The SMILES string of the molecule is O=c1[nH]c2cc(C(F)(F)F)c(N3CCOCC3)cc2n(CP(=O)(O)O)c1=O.O=c1[nH]c2cc(C(F)(F)F)c(N3CCOCC3)cc2n(CP(=O)(O)O)c1=O.O=c1[nH]c2cc(C(F)(F)F)c(N3CCOCC3)cc2n(CP(=O)(O)O)c1=O. The predicted molar refractivity (Wildman–Crippen MR) is 267 cm³/mol. The molecule has 0 unspecified atom stereocenters. The fourth-order valence-corrected chi connectivity index (χ4v) is 10.7. The zero-order valence-electron chi connectivity index (χ0n) is 41.1. The van der Waals surface area contributed by atoms with Crippen LogP contribution in [0.15, 0.2) is 65.2 Å². The molecule has 3 aliphatic heterocycles. The number of anilines is 3. The van der Waals surface area contributed by atoms with Crippen molar-refractivity contribution >= 4 is 72.9 Å². The van der Waals surface area contributed by atoms with Crippen molar-refractivity contribution in [3.05, 3.63) is 115 Å². The van der Waals surface area contributed by atoms with E-state index in [2.05, 4.69) is 0 Å². The summed E-state index contributed by atoms with van der Waals surface area (Å²) in [7, 11) is -14.3. The van der Waals surface area contributed by atoms with Crippen molar-refractivity contribution < 1.29 is 96.8 Å². The molecule has 3 aliphatic rings. The molecule has 0 saturated carbocycles. The molecule has 0 spiro atoms. The van der Waals surface area contributed by atoms with Crippen LogP contribution in [0.4, 0.5) is 56.6 Å². The first-order valence-electron chi connectivity index (χ1n) is 23.2. The molecule has 0 radical (unpaired) electrons. The minimum atomic E-state index is -4.78. The van der Waals surface area contributed by atoms with Crippen LogP contribution in [0.3, 0.4) is 0 Å². The zero-order chi connectivity index (χ0) is 59.9. The lowest BCUT2D eigenvalue weighted by Gasteiger charge is -2.31. The van der Waals surface area contributed by atoms with Crippen molar-refractivity contribution in [3.63, 3.8) is 0 Å². The average molecular weight is 1230 g/mol. The predicted octanol–water partition coefficient (Wildman–Crippen LogP) is 2.04. The van der Waals surface area contributed by atoms with Gasteiger partial charge in [-0.25, -0.2) is 0 Å². The molecule has 3 aromatic carbocycles. The highest BCUT2D eigenvalue weighted by molar-refractivity contribution is 7.51. The third kappa shape index (κ3) is 15.0. The van der Waals surface area contributed by atoms with E-state index in [1.807, 2.05) is 15.0 Å². The number of aromatic amines is 3. The molecule has 6 heterocycles. The molecule has 6 aromatic rings. The Bertz CT molecular complexity index is 3500. The van der Waals surface area contributed by atoms with E-state index < -0.39 is 110 Å². The maximum absolute atomic E-state index is 13.5. The van der Waals surface area contributed by atoms with Gasteiger partial charge in [-0.05, 0) is 36.4 Å². The van der Waals surface area contributed by atoms with Crippen molar-refractivity contribution in [3.8, 4) is 0 Å². The Hall–Kier alpha value is -6.42. The smallest absolute Gasteiger partial charge is 0.378 e. The van der Waals surface area contributed by atoms with E-state index in [9.17, 15) is 111 Å². The Morgan fingerprint density at radius 3 is 0.790 bits per heavy atom. The second kappa shape index (κ2) is 23.4. The van der Waals surface area contributed by atoms with E-state index in [1.54, 1.807) is 0 Å². The number of fused-ring (bicyclic) bond motifs is 3. The summed E-state index contributed by atoms with van der Waals surface area (Å²) >= 11 is 0. The highest BCUT2D eigenvalue weighted by Gasteiger charge is 2.39. The van der Waals surface area contributed by atoms with Crippen molar-refractivity contribution in [1.29, 1.82) is 0 Å². The van der Waals surface area contributed by atoms with E-state index in [0.717, 1.165) is 18.2 Å². The van der Waals surface area contributed by atoms with Gasteiger partial charge >= 0.3 is 74.7 Å². The lowest BCUT2D eigenvalue weighted by molar-refractivity contribution is -0.137. The number of halogens is 9. The molecule has 9 rings (SSSR count). The van der Waals surface area contributed by atoms with Gasteiger partial charge in [0.15, 0.2) is 0 Å². The van der Waals surface area contributed by atoms with Crippen LogP contribution < -0.4 is 48.1 Å². The molecular formula is C42H45F9N9O18P3. The van der Waals surface area contributed by atoms with Gasteiger partial charge in [0.1, 0.15) is 18.9 Å². The van der Waals surface area contributed by atoms with Crippen LogP contribution in [-0.2, 0) is 65.3 Å². The molecule has 39 heteroatoms. The first-order chi connectivity index (χ1) is 37.4. The quantitative estimate of drug-likeness (QED) is 0.0568. The summed E-state index contributed by atoms with van der Waals surface area (Å²) in [5.41, 5.74) is -13.2. The third-order valence-electron chi connectivity index (χ3n) is 12.2. The third-order valence-corrected chi connectivity index (χ3v) is 14.2. The first-order valence-corrected chi connectivity index (χ1v) is 28.6. The van der Waals surface area contributed by atoms with Gasteiger partial charge in [0, 0.05) is 39.3 Å². The van der Waals surface area contributed by atoms with Crippen LogP contribution in [0.2, 0.25) is 0 Å². The Balaban J connectivity index is 0.000000175. The number of aromatic nitrogens is 6. The maximum Gasteiger partial charge on any atom is 0.418 e. The van der Waals surface area contributed by atoms with Crippen LogP contribution in [0, 0.1) is 0 Å². The number of nitrogens with zero attached hydrogens (tertiary/aromatic N) is 6. The van der Waals surface area contributed by atoms with E-state index in [4.69, 9.17) is 14.2 Å². The number of nitrogens with one attached hydrogen (secondary N) is 3. The van der Waals surface area contributed by atoms with Gasteiger partial charge in [-0.1, -0.05) is 0 Å². The molecule has 444 valence electrons. The molecule has 3 aromatic heterocycles. The lowest BCUT2D eigenvalue weighted by Crippen LogP contribution is -2.38. The summed E-state index contributed by atoms with van der Waals surface area (Å²) in [4.78, 5) is 137. The molecule has 0 aliphatic carbocycles. The molecule has 9 N–H and O–H groups in total. The van der Waals surface area contributed by atoms with Gasteiger partial charge in [0.2, 0.25) is 0 Å². The number of rotatable bonds is 9. The fourth-order valence-electron chi connectivity index (χ4n) is 8.78. The van der Waals surface area contributed by atoms with Crippen LogP contribution in [0.5, 0.6) is 0 Å². The van der Waals surface area contributed by atoms with Crippen molar-refractivity contribution in [1.82, 2.24) is 28.7 Å². The van der Waals surface area contributed by atoms with Crippen LogP contribution in [0.25, 0.3) is 33.1 Å². The van der Waals surface area contributed by atoms with Gasteiger partial charge in [0.05, 0.1) is 106 Å². The highest BCUT2D eigenvalue weighted by atomic mass is 31.2. The summed E-state index contributed by atoms with van der Waals surface area (Å²) in [5.74, 6) is 0. The summed E-state index contributed by atoms with van der Waals surface area (Å²) in [6.07, 6.45) is -17.6. The van der Waals surface area contributed by atoms with Crippen molar-refractivity contribution in [2.24, 2.45) is 0 Å². The molecule has 3 fully saturated rings. The fraction of sp³-hybridized carbons (Fsp3) is 0.429. The van der Waals surface area contributed by atoms with E-state index >= 15 is 0 Å². The Kier molecular flexibility index (Phi) is 18.0. The molecule has 81 heavy (non-hydrogen) atoms. The summed E-state index contributed by atoms with van der Waals surface area (Å²) in [5, 5.41) is 0. The van der Waals surface area contributed by atoms with Gasteiger partial charge in [-0.15, -0.1) is 0 Å². The normalized spacial score (nSPS) is 16.1. The molecule has 0 atom stereocenters. The molecular weight excluding hydrogens is 1180 g/mol. The van der Waals surface area contributed by atoms with E-state index in [-0.39, 0.29) is 129 Å². The van der Waals surface area contributed by atoms with Gasteiger partial charge in [-0.2, -0.15) is 39.5 Å². The molecule has 3 saturated heterocycles. The standard InChI is InChI=1S/3C14H15F3N3O6P/c3*15-14(16,17)8-5-9-11(6-10(8)19-1-3-26-4-2-19)20(7-27(23,24)25)13(22)12(21)18-9/h3*5-6H,1-4,7H2,(H,18,21)(H2,23,24,25). The number of hydrogen-bond donors (Lipinski definition) is 9. The van der Waals surface area contributed by atoms with Crippen molar-refractivity contribution in [2.45, 2.75) is 37.4 Å². The lowest BCUT2D eigenvalue weighted by atomic mass is 10.1. The monoisotopic (exact) mass is 1230 g/mol. The number of hydrogen-bond acceptors (Lipinski definition) is 15. The summed E-state index contributed by atoms with van der Waals surface area (Å²) in [6, 6.07) is 5.02. The van der Waals surface area contributed by atoms with E-state index in [1.165, 1.54) is 14.7 Å². The minimum Gasteiger partial charge on any atom is -0.378 e. The van der Waals surface area contributed by atoms with Crippen molar-refractivity contribution in [2.75, 3.05) is 93.6 Å². The molecule has 0 amide bonds. The molecule has 27 nitrogen and oxygen atoms in total. The number of alkyl halides is 9. The average Bonchev–Trinajstić information content (AvgIpc) is 3.48. The van der Waals surface area contributed by atoms with Gasteiger partial charge in [0.25, 0.3) is 0 Å². The number of ether oxygens (including phenoxy) is 3. The zero-order valence-corrected chi connectivity index (χ0v) is 43.8. The Labute approximate surface area is 443 Å². The van der Waals surface area contributed by atoms with Gasteiger partial charge < -0.3 is 73.2 Å². The van der Waals surface area contributed by atoms with Crippen LogP contribution >= 0.6 is 22.8 Å². The largest absolute Gasteiger partial charge is 0.418 e. The van der Waals surface area contributed by atoms with Crippen LogP contribution in [-0.4, -0.2) is 137 Å². The van der Waals surface area contributed by atoms with Gasteiger partial charge in [-0.3, -0.25) is 56.2 Å². The van der Waals surface area contributed by atoms with Crippen LogP contribution in [0.1, 0.15) is 16.7 Å². The Morgan fingerprint density at radius 1 is 0.395 bits per heavy atom. The van der Waals surface area contributed by atoms with E-state index in [0.29, 0.717) is 31.9 Å². The molecule has 0 bridgehead atoms. The highest BCUT2D eigenvalue weighted by Crippen LogP contribution is 2.44. The topological polar surface area (TPSA) is 375 Å². The number of morpholine rings is 3. The second-order valence-electron chi connectivity index (χ2n) is 17.9. The number of benzene rings is 3. The maximum atomic E-state index is 13.5. The summed E-state index contributed by atoms with van der Waals surface area (Å²) < 4.78 is 173. The number of H-pyrrole nitrogens is 3. The Morgan fingerprint density at radius 2 is 0.605 bits per heavy atom. The first kappa shape index (κ1) is 62.2. The summed E-state index contributed by atoms with van der Waals surface area (Å²) in [6.45, 7) is 2.23. The second-order valence-corrected chi connectivity index (χ2v) is 22.8. The minimum absolute atomic E-state index is 0.167.